The lowest BCUT2D eigenvalue weighted by Gasteiger charge is -2.31. The van der Waals surface area contributed by atoms with Crippen molar-refractivity contribution < 1.29 is 18.7 Å². The van der Waals surface area contributed by atoms with Crippen molar-refractivity contribution in [2.75, 3.05) is 20.4 Å². The van der Waals surface area contributed by atoms with Gasteiger partial charge in [-0.15, -0.1) is 0 Å². The van der Waals surface area contributed by atoms with Crippen LogP contribution in [0.2, 0.25) is 0 Å². The quantitative estimate of drug-likeness (QED) is 0.831. The predicted octanol–water partition coefficient (Wildman–Crippen LogP) is 3.41. The first kappa shape index (κ1) is 15.9. The second kappa shape index (κ2) is 6.54. The lowest BCUT2D eigenvalue weighted by molar-refractivity contribution is 0.0961. The highest BCUT2D eigenvalue weighted by atomic mass is 31.2. The van der Waals surface area contributed by atoms with Crippen molar-refractivity contribution in [1.29, 1.82) is 0 Å². The molecule has 112 valence electrons. The molecule has 0 saturated heterocycles. The van der Waals surface area contributed by atoms with Crippen LogP contribution in [-0.2, 0) is 19.2 Å². The van der Waals surface area contributed by atoms with Gasteiger partial charge >= 0.3 is 7.60 Å². The molecule has 0 heterocycles. The summed E-state index contributed by atoms with van der Waals surface area (Å²) in [6.07, 6.45) is -0.152. The van der Waals surface area contributed by atoms with Crippen molar-refractivity contribution in [3.8, 4) is 0 Å². The van der Waals surface area contributed by atoms with Gasteiger partial charge in [0.15, 0.2) is 0 Å². The molecule has 2 aromatic carbocycles. The second-order valence-electron chi connectivity index (χ2n) is 4.73. The van der Waals surface area contributed by atoms with Crippen LogP contribution in [0.15, 0.2) is 60.7 Å². The molecule has 2 rings (SSSR count). The van der Waals surface area contributed by atoms with Crippen LogP contribution in [-0.4, -0.2) is 25.5 Å². The Hall–Kier alpha value is -1.45. The SMILES string of the molecule is COP(=O)(CC(O)(c1ccccc1)c1ccccc1)OC. The van der Waals surface area contributed by atoms with Crippen LogP contribution in [0.4, 0.5) is 0 Å². The molecule has 4 nitrogen and oxygen atoms in total. The minimum absolute atomic E-state index is 0.152. The zero-order valence-electron chi connectivity index (χ0n) is 12.1. The van der Waals surface area contributed by atoms with Gasteiger partial charge in [0.25, 0.3) is 0 Å². The fourth-order valence-electron chi connectivity index (χ4n) is 2.26. The Kier molecular flexibility index (Phi) is 4.96. The highest BCUT2D eigenvalue weighted by Gasteiger charge is 2.40. The lowest BCUT2D eigenvalue weighted by atomic mass is 9.88. The third kappa shape index (κ3) is 3.42. The van der Waals surface area contributed by atoms with E-state index in [-0.39, 0.29) is 6.16 Å². The third-order valence-electron chi connectivity index (χ3n) is 3.48. The topological polar surface area (TPSA) is 55.8 Å². The summed E-state index contributed by atoms with van der Waals surface area (Å²) in [5, 5.41) is 11.2. The molecular weight excluding hydrogens is 287 g/mol. The smallest absolute Gasteiger partial charge is 0.333 e. The molecule has 0 aromatic heterocycles. The van der Waals surface area contributed by atoms with E-state index in [1.807, 2.05) is 36.4 Å². The molecule has 0 aliphatic carbocycles. The molecule has 5 heteroatoms. The molecule has 0 aliphatic heterocycles. The van der Waals surface area contributed by atoms with Gasteiger partial charge in [0.1, 0.15) is 5.60 Å². The average Bonchev–Trinajstić information content (AvgIpc) is 2.56. The van der Waals surface area contributed by atoms with Crippen LogP contribution in [0.25, 0.3) is 0 Å². The molecule has 0 fully saturated rings. The van der Waals surface area contributed by atoms with Crippen molar-refractivity contribution in [2.45, 2.75) is 5.60 Å². The minimum atomic E-state index is -3.38. The number of aliphatic hydroxyl groups is 1. The summed E-state index contributed by atoms with van der Waals surface area (Å²) in [4.78, 5) is 0. The van der Waals surface area contributed by atoms with Gasteiger partial charge in [0.05, 0.1) is 6.16 Å². The zero-order chi connectivity index (χ0) is 15.3. The minimum Gasteiger partial charge on any atom is -0.380 e. The Morgan fingerprint density at radius 1 is 0.905 bits per heavy atom. The van der Waals surface area contributed by atoms with Gasteiger partial charge in [-0.1, -0.05) is 60.7 Å². The van der Waals surface area contributed by atoms with Crippen molar-refractivity contribution in [2.24, 2.45) is 0 Å². The van der Waals surface area contributed by atoms with Gasteiger partial charge in [-0.3, -0.25) is 4.57 Å². The normalized spacial score (nSPS) is 12.3. The Morgan fingerprint density at radius 2 is 1.29 bits per heavy atom. The van der Waals surface area contributed by atoms with Gasteiger partial charge < -0.3 is 14.2 Å². The molecule has 0 amide bonds. The van der Waals surface area contributed by atoms with Gasteiger partial charge in [-0.25, -0.2) is 0 Å². The molecule has 0 spiro atoms. The number of hydrogen-bond acceptors (Lipinski definition) is 4. The highest BCUT2D eigenvalue weighted by molar-refractivity contribution is 7.53. The van der Waals surface area contributed by atoms with E-state index in [0.29, 0.717) is 11.1 Å². The van der Waals surface area contributed by atoms with E-state index in [4.69, 9.17) is 9.05 Å². The van der Waals surface area contributed by atoms with Crippen LogP contribution >= 0.6 is 7.60 Å². The van der Waals surface area contributed by atoms with Gasteiger partial charge in [0, 0.05) is 14.2 Å². The fourth-order valence-corrected chi connectivity index (χ4v) is 3.59. The summed E-state index contributed by atoms with van der Waals surface area (Å²) in [7, 11) is -0.743. The van der Waals surface area contributed by atoms with Crippen molar-refractivity contribution in [1.82, 2.24) is 0 Å². The molecule has 21 heavy (non-hydrogen) atoms. The van der Waals surface area contributed by atoms with Crippen LogP contribution in [0.1, 0.15) is 11.1 Å². The van der Waals surface area contributed by atoms with E-state index >= 15 is 0 Å². The average molecular weight is 306 g/mol. The maximum absolute atomic E-state index is 12.5. The Bertz CT molecular complexity index is 565. The molecule has 0 bridgehead atoms. The van der Waals surface area contributed by atoms with Crippen LogP contribution in [0.3, 0.4) is 0 Å². The molecule has 0 radical (unpaired) electrons. The van der Waals surface area contributed by atoms with Gasteiger partial charge in [-0.05, 0) is 11.1 Å². The molecular formula is C16H19O4P. The number of rotatable bonds is 6. The highest BCUT2D eigenvalue weighted by Crippen LogP contribution is 2.52. The molecule has 0 unspecified atom stereocenters. The first-order valence-electron chi connectivity index (χ1n) is 6.58. The Morgan fingerprint density at radius 3 is 1.62 bits per heavy atom. The largest absolute Gasteiger partial charge is 0.380 e. The summed E-state index contributed by atoms with van der Waals surface area (Å²) < 4.78 is 22.5. The van der Waals surface area contributed by atoms with Crippen LogP contribution < -0.4 is 0 Å². The number of benzene rings is 2. The van der Waals surface area contributed by atoms with E-state index in [2.05, 4.69) is 0 Å². The van der Waals surface area contributed by atoms with Crippen molar-refractivity contribution >= 4 is 7.60 Å². The maximum Gasteiger partial charge on any atom is 0.333 e. The molecule has 0 aliphatic rings. The summed E-state index contributed by atoms with van der Waals surface area (Å²) in [6, 6.07) is 18.2. The lowest BCUT2D eigenvalue weighted by Crippen LogP contribution is -2.32. The molecule has 0 saturated carbocycles. The number of hydrogen-bond donors (Lipinski definition) is 1. The van der Waals surface area contributed by atoms with Gasteiger partial charge in [0.2, 0.25) is 0 Å². The molecule has 2 aromatic rings. The summed E-state index contributed by atoms with van der Waals surface area (Å²) in [6.45, 7) is 0. The van der Waals surface area contributed by atoms with E-state index in [1.165, 1.54) is 14.2 Å². The second-order valence-corrected chi connectivity index (χ2v) is 6.99. The molecule has 1 N–H and O–H groups in total. The standard InChI is InChI=1S/C16H19O4P/c1-19-21(18,20-2)13-16(17,14-9-5-3-6-10-14)15-11-7-4-8-12-15/h3-12,17H,13H2,1-2H3. The van der Waals surface area contributed by atoms with Crippen molar-refractivity contribution in [3.63, 3.8) is 0 Å². The first-order valence-corrected chi connectivity index (χ1v) is 8.31. The Balaban J connectivity index is 2.53. The predicted molar refractivity (Wildman–Crippen MR) is 82.4 cm³/mol. The van der Waals surface area contributed by atoms with Crippen LogP contribution in [0.5, 0.6) is 0 Å². The van der Waals surface area contributed by atoms with E-state index in [0.717, 1.165) is 0 Å². The van der Waals surface area contributed by atoms with Gasteiger partial charge in [-0.2, -0.15) is 0 Å². The van der Waals surface area contributed by atoms with Crippen LogP contribution in [0, 0.1) is 0 Å². The summed E-state index contributed by atoms with van der Waals surface area (Å²) >= 11 is 0. The van der Waals surface area contributed by atoms with E-state index < -0.39 is 13.2 Å². The summed E-state index contributed by atoms with van der Waals surface area (Å²) in [5.41, 5.74) is -0.152. The van der Waals surface area contributed by atoms with E-state index in [9.17, 15) is 9.67 Å². The third-order valence-corrected chi connectivity index (χ3v) is 5.44. The first-order chi connectivity index (χ1) is 10.0. The van der Waals surface area contributed by atoms with E-state index in [1.54, 1.807) is 24.3 Å². The molecule has 0 atom stereocenters. The zero-order valence-corrected chi connectivity index (χ0v) is 13.0. The fraction of sp³-hybridized carbons (Fsp3) is 0.250. The van der Waals surface area contributed by atoms with Crippen molar-refractivity contribution in [3.05, 3.63) is 71.8 Å². The summed E-state index contributed by atoms with van der Waals surface area (Å²) in [5.74, 6) is 0. The Labute approximate surface area is 124 Å². The maximum atomic E-state index is 12.5. The monoisotopic (exact) mass is 306 g/mol.